The minimum Gasteiger partial charge on any atom is -0.343 e. The molecule has 0 aliphatic rings. The molecule has 2 heterocycles. The van der Waals surface area contributed by atoms with Gasteiger partial charge in [0.25, 0.3) is 11.5 Å². The Morgan fingerprint density at radius 1 is 1.09 bits per heavy atom. The molecule has 0 bridgehead atoms. The first-order valence-electron chi connectivity index (χ1n) is 9.77. The van der Waals surface area contributed by atoms with E-state index in [0.717, 1.165) is 6.07 Å². The normalized spacial score (nSPS) is 12.9. The van der Waals surface area contributed by atoms with E-state index < -0.39 is 35.5 Å². The lowest BCUT2D eigenvalue weighted by atomic mass is 9.82. The number of hydrogen-bond donors (Lipinski definition) is 2. The summed E-state index contributed by atoms with van der Waals surface area (Å²) in [5.41, 5.74) is -0.388. The molecule has 0 aliphatic heterocycles. The molecule has 7 nitrogen and oxygen atoms in total. The van der Waals surface area contributed by atoms with E-state index in [1.807, 2.05) is 20.8 Å². The van der Waals surface area contributed by atoms with Gasteiger partial charge < -0.3 is 10.3 Å². The van der Waals surface area contributed by atoms with Crippen molar-refractivity contribution in [1.82, 2.24) is 25.3 Å². The number of H-pyrrole nitrogens is 1. The highest BCUT2D eigenvalue weighted by Crippen LogP contribution is 2.33. The zero-order chi connectivity index (χ0) is 23.5. The molecule has 1 amide bonds. The van der Waals surface area contributed by atoms with E-state index in [4.69, 9.17) is 0 Å². The number of nitrogens with zero attached hydrogens (tertiary/aromatic N) is 3. The summed E-state index contributed by atoms with van der Waals surface area (Å²) in [4.78, 5) is 39.7. The van der Waals surface area contributed by atoms with Crippen LogP contribution in [-0.2, 0) is 6.42 Å². The molecule has 0 spiro atoms. The summed E-state index contributed by atoms with van der Waals surface area (Å²) < 4.78 is 37.9. The molecule has 3 rings (SSSR count). The molecule has 0 aliphatic carbocycles. The lowest BCUT2D eigenvalue weighted by Crippen LogP contribution is -2.37. The second kappa shape index (κ2) is 8.89. The maximum absolute atomic E-state index is 12.9. The predicted molar refractivity (Wildman–Crippen MR) is 112 cm³/mol. The zero-order valence-electron chi connectivity index (χ0n) is 17.7. The van der Waals surface area contributed by atoms with Gasteiger partial charge in [-0.2, -0.15) is 13.2 Å². The van der Waals surface area contributed by atoms with Gasteiger partial charge in [0.2, 0.25) is 0 Å². The summed E-state index contributed by atoms with van der Waals surface area (Å²) in [6.45, 7) is 5.65. The number of aromatic nitrogens is 4. The molecule has 0 unspecified atom stereocenters. The van der Waals surface area contributed by atoms with Crippen molar-refractivity contribution in [1.29, 1.82) is 0 Å². The number of halogens is 3. The van der Waals surface area contributed by atoms with Gasteiger partial charge in [-0.25, -0.2) is 15.0 Å². The highest BCUT2D eigenvalue weighted by molar-refractivity contribution is 5.92. The number of nitrogens with one attached hydrogen (secondary N) is 2. The number of rotatable bonds is 5. The molecule has 2 N–H and O–H groups in total. The second-order valence-corrected chi connectivity index (χ2v) is 8.36. The maximum Gasteiger partial charge on any atom is 0.393 e. The minimum absolute atomic E-state index is 0.0482. The predicted octanol–water partition coefficient (Wildman–Crippen LogP) is 3.85. The summed E-state index contributed by atoms with van der Waals surface area (Å²) >= 11 is 0. The number of amides is 1. The minimum atomic E-state index is -4.30. The Morgan fingerprint density at radius 2 is 1.72 bits per heavy atom. The number of aromatic amines is 1. The molecule has 3 aromatic rings. The first kappa shape index (κ1) is 23.1. The lowest BCUT2D eigenvalue weighted by Gasteiger charge is -2.32. The van der Waals surface area contributed by atoms with Gasteiger partial charge in [0, 0.05) is 18.5 Å². The summed E-state index contributed by atoms with van der Waals surface area (Å²) in [5, 5.41) is 2.85. The van der Waals surface area contributed by atoms with Crippen LogP contribution in [0.2, 0.25) is 0 Å². The average Bonchev–Trinajstić information content (AvgIpc) is 2.71. The van der Waals surface area contributed by atoms with Crippen LogP contribution in [0.15, 0.2) is 53.6 Å². The Hall–Kier alpha value is -3.56. The molecule has 1 aromatic carbocycles. The van der Waals surface area contributed by atoms with Crippen LogP contribution in [-0.4, -0.2) is 32.0 Å². The molecular formula is C22H22F3N5O2. The van der Waals surface area contributed by atoms with E-state index in [-0.39, 0.29) is 22.9 Å². The fraction of sp³-hybridized carbons (Fsp3) is 0.318. The Balaban J connectivity index is 1.88. The lowest BCUT2D eigenvalue weighted by molar-refractivity contribution is -0.127. The van der Waals surface area contributed by atoms with Crippen molar-refractivity contribution in [2.75, 3.05) is 0 Å². The first-order chi connectivity index (χ1) is 14.9. The third-order valence-corrected chi connectivity index (χ3v) is 4.61. The molecule has 0 radical (unpaired) electrons. The molecule has 0 fully saturated rings. The topological polar surface area (TPSA) is 101 Å². The van der Waals surface area contributed by atoms with Gasteiger partial charge in [-0.05, 0) is 22.6 Å². The van der Waals surface area contributed by atoms with Crippen LogP contribution >= 0.6 is 0 Å². The number of carbonyl (C=O) groups is 1. The van der Waals surface area contributed by atoms with Crippen molar-refractivity contribution in [3.05, 3.63) is 76.0 Å². The van der Waals surface area contributed by atoms with E-state index >= 15 is 0 Å². The van der Waals surface area contributed by atoms with E-state index in [0.29, 0.717) is 5.56 Å². The third-order valence-electron chi connectivity index (χ3n) is 4.61. The van der Waals surface area contributed by atoms with Crippen LogP contribution in [0.5, 0.6) is 0 Å². The Morgan fingerprint density at radius 3 is 2.28 bits per heavy atom. The highest BCUT2D eigenvalue weighted by Gasteiger charge is 2.30. The first-order valence-corrected chi connectivity index (χ1v) is 9.77. The van der Waals surface area contributed by atoms with E-state index in [1.165, 1.54) is 24.5 Å². The van der Waals surface area contributed by atoms with Crippen molar-refractivity contribution < 1.29 is 18.0 Å². The van der Waals surface area contributed by atoms with E-state index in [9.17, 15) is 22.8 Å². The van der Waals surface area contributed by atoms with Crippen molar-refractivity contribution >= 4 is 5.91 Å². The van der Waals surface area contributed by atoms with Crippen LogP contribution in [0.1, 0.15) is 48.4 Å². The van der Waals surface area contributed by atoms with E-state index in [1.54, 1.807) is 18.2 Å². The molecule has 32 heavy (non-hydrogen) atoms. The largest absolute Gasteiger partial charge is 0.393 e. The summed E-state index contributed by atoms with van der Waals surface area (Å²) in [7, 11) is 0. The molecule has 1 atom stereocenters. The van der Waals surface area contributed by atoms with Gasteiger partial charge in [0.1, 0.15) is 5.69 Å². The highest BCUT2D eigenvalue weighted by atomic mass is 19.4. The van der Waals surface area contributed by atoms with Crippen molar-refractivity contribution in [2.45, 2.75) is 39.4 Å². The van der Waals surface area contributed by atoms with E-state index in [2.05, 4.69) is 25.3 Å². The molecule has 2 aromatic heterocycles. The fourth-order valence-corrected chi connectivity index (χ4v) is 3.17. The van der Waals surface area contributed by atoms with Crippen molar-refractivity contribution in [3.8, 4) is 11.6 Å². The molecule has 168 valence electrons. The van der Waals surface area contributed by atoms with Gasteiger partial charge in [0.15, 0.2) is 11.6 Å². The quantitative estimate of drug-likeness (QED) is 0.621. The number of alkyl halides is 3. The summed E-state index contributed by atoms with van der Waals surface area (Å²) in [6, 6.07) is 8.03. The summed E-state index contributed by atoms with van der Waals surface area (Å²) in [5.74, 6) is -0.397. The fourth-order valence-electron chi connectivity index (χ4n) is 3.17. The Kier molecular flexibility index (Phi) is 6.42. The third kappa shape index (κ3) is 5.99. The van der Waals surface area contributed by atoms with Gasteiger partial charge in [-0.1, -0.05) is 45.0 Å². The van der Waals surface area contributed by atoms with Gasteiger partial charge in [0.05, 0.1) is 12.5 Å². The Labute approximate surface area is 182 Å². The van der Waals surface area contributed by atoms with Crippen LogP contribution in [0.4, 0.5) is 13.2 Å². The van der Waals surface area contributed by atoms with Crippen molar-refractivity contribution in [2.24, 2.45) is 5.41 Å². The van der Waals surface area contributed by atoms with Gasteiger partial charge in [-0.15, -0.1) is 0 Å². The van der Waals surface area contributed by atoms with Gasteiger partial charge in [-0.3, -0.25) is 9.59 Å². The van der Waals surface area contributed by atoms with Crippen LogP contribution < -0.4 is 10.9 Å². The summed E-state index contributed by atoms with van der Waals surface area (Å²) in [6.07, 6.45) is -2.37. The van der Waals surface area contributed by atoms with Crippen LogP contribution in [0.25, 0.3) is 11.6 Å². The molecule has 0 saturated carbocycles. The number of benzene rings is 1. The molecule has 10 heteroatoms. The smallest absolute Gasteiger partial charge is 0.343 e. The van der Waals surface area contributed by atoms with Crippen LogP contribution in [0.3, 0.4) is 0 Å². The monoisotopic (exact) mass is 445 g/mol. The molecular weight excluding hydrogens is 423 g/mol. The standard InChI is InChI=1S/C22H22F3N5O2/c1-21(2,3)17(14-7-5-13(6-8-14)12-22(23,24)25)30-20(32)15-11-16(31)29-19(28-15)18-26-9-4-10-27-18/h4-11,17H,12H2,1-3H3,(H,30,32)(H,28,29,31)/t17-/m0/s1. The second-order valence-electron chi connectivity index (χ2n) is 8.36. The van der Waals surface area contributed by atoms with Crippen molar-refractivity contribution in [3.63, 3.8) is 0 Å². The number of carbonyl (C=O) groups excluding carboxylic acids is 1. The maximum atomic E-state index is 12.9. The SMILES string of the molecule is CC(C)(C)[C@@H](NC(=O)c1cc(=O)[nH]c(-c2ncccn2)n1)c1ccc(CC(F)(F)F)cc1. The molecule has 0 saturated heterocycles. The zero-order valence-corrected chi connectivity index (χ0v) is 17.7. The van der Waals surface area contributed by atoms with Crippen LogP contribution in [0, 0.1) is 5.41 Å². The Bertz CT molecular complexity index is 1140. The van der Waals surface area contributed by atoms with Gasteiger partial charge >= 0.3 is 6.18 Å². The average molecular weight is 445 g/mol. The number of hydrogen-bond acceptors (Lipinski definition) is 5.